The van der Waals surface area contributed by atoms with Gasteiger partial charge in [-0.3, -0.25) is 0 Å². The van der Waals surface area contributed by atoms with Crippen LogP contribution in [-0.2, 0) is 6.42 Å². The molecule has 2 N–H and O–H groups in total. The lowest BCUT2D eigenvalue weighted by Gasteiger charge is -2.33. The summed E-state index contributed by atoms with van der Waals surface area (Å²) in [5, 5.41) is 4.12. The van der Waals surface area contributed by atoms with E-state index in [1.807, 2.05) is 0 Å². The lowest BCUT2D eigenvalue weighted by atomic mass is 9.95. The molecule has 0 spiro atoms. The second kappa shape index (κ2) is 6.29. The van der Waals surface area contributed by atoms with Crippen molar-refractivity contribution in [2.75, 3.05) is 19.6 Å². The molecule has 0 unspecified atom stereocenters. The first kappa shape index (κ1) is 13.5. The summed E-state index contributed by atoms with van der Waals surface area (Å²) in [6.45, 7) is 7.44. The van der Waals surface area contributed by atoms with Crippen molar-refractivity contribution in [1.82, 2.24) is 15.0 Å². The van der Waals surface area contributed by atoms with Crippen LogP contribution in [0.25, 0.3) is 0 Å². The molecule has 5 nitrogen and oxygen atoms in total. The van der Waals surface area contributed by atoms with Gasteiger partial charge in [0.25, 0.3) is 0 Å². The predicted octanol–water partition coefficient (Wildman–Crippen LogP) is 1.55. The number of aromatic nitrogens is 2. The van der Waals surface area contributed by atoms with Crippen LogP contribution in [0.4, 0.5) is 0 Å². The molecule has 1 fully saturated rings. The summed E-state index contributed by atoms with van der Waals surface area (Å²) in [5.41, 5.74) is 5.47. The highest BCUT2D eigenvalue weighted by atomic mass is 16.5. The van der Waals surface area contributed by atoms with Crippen molar-refractivity contribution in [2.24, 2.45) is 5.73 Å². The van der Waals surface area contributed by atoms with Crippen molar-refractivity contribution in [3.8, 4) is 0 Å². The molecular formula is C13H24N4O. The normalized spacial score (nSPS) is 18.7. The summed E-state index contributed by atoms with van der Waals surface area (Å²) >= 11 is 0. The Morgan fingerprint density at radius 2 is 2.11 bits per heavy atom. The molecule has 2 heterocycles. The molecule has 0 aliphatic carbocycles. The van der Waals surface area contributed by atoms with Crippen LogP contribution in [0.3, 0.4) is 0 Å². The van der Waals surface area contributed by atoms with Gasteiger partial charge in [-0.05, 0) is 52.7 Å². The Kier molecular flexibility index (Phi) is 4.72. The molecule has 1 aromatic heterocycles. The predicted molar refractivity (Wildman–Crippen MR) is 70.4 cm³/mol. The molecule has 0 bridgehead atoms. The molecule has 1 aromatic rings. The maximum atomic E-state index is 5.47. The smallest absolute Gasteiger partial charge is 0.226 e. The molecule has 18 heavy (non-hydrogen) atoms. The Bertz CT molecular complexity index is 356. The van der Waals surface area contributed by atoms with Gasteiger partial charge in [-0.25, -0.2) is 0 Å². The van der Waals surface area contributed by atoms with Crippen LogP contribution in [0.15, 0.2) is 4.52 Å². The van der Waals surface area contributed by atoms with Gasteiger partial charge >= 0.3 is 0 Å². The summed E-state index contributed by atoms with van der Waals surface area (Å²) in [7, 11) is 0. The highest BCUT2D eigenvalue weighted by Crippen LogP contribution is 2.26. The Labute approximate surface area is 109 Å². The first-order valence-corrected chi connectivity index (χ1v) is 6.97. The van der Waals surface area contributed by atoms with Gasteiger partial charge in [0.2, 0.25) is 5.89 Å². The van der Waals surface area contributed by atoms with Crippen LogP contribution >= 0.6 is 0 Å². The standard InChI is InChI=1S/C13H24N4O/c1-10(2)17-8-5-11(6-9-17)13-15-12(18-16-13)4-3-7-14/h10-11H,3-9,14H2,1-2H3. The number of nitrogens with zero attached hydrogens (tertiary/aromatic N) is 3. The number of nitrogens with two attached hydrogens (primary N) is 1. The van der Waals surface area contributed by atoms with E-state index in [1.54, 1.807) is 0 Å². The summed E-state index contributed by atoms with van der Waals surface area (Å²) in [6.07, 6.45) is 3.98. The van der Waals surface area contributed by atoms with Gasteiger partial charge < -0.3 is 15.2 Å². The highest BCUT2D eigenvalue weighted by Gasteiger charge is 2.25. The lowest BCUT2D eigenvalue weighted by molar-refractivity contribution is 0.168. The van der Waals surface area contributed by atoms with E-state index < -0.39 is 0 Å². The van der Waals surface area contributed by atoms with E-state index in [-0.39, 0.29) is 0 Å². The number of rotatable bonds is 5. The zero-order chi connectivity index (χ0) is 13.0. The molecule has 1 saturated heterocycles. The molecule has 0 aromatic carbocycles. The fourth-order valence-corrected chi connectivity index (χ4v) is 2.46. The van der Waals surface area contributed by atoms with Crippen molar-refractivity contribution in [3.05, 3.63) is 11.7 Å². The molecule has 5 heteroatoms. The van der Waals surface area contributed by atoms with Crippen molar-refractivity contribution in [3.63, 3.8) is 0 Å². The lowest BCUT2D eigenvalue weighted by Crippen LogP contribution is -2.38. The Morgan fingerprint density at radius 3 is 2.72 bits per heavy atom. The molecule has 0 atom stereocenters. The molecule has 2 rings (SSSR count). The Hall–Kier alpha value is -0.940. The zero-order valence-electron chi connectivity index (χ0n) is 11.4. The van der Waals surface area contributed by atoms with Crippen LogP contribution in [-0.4, -0.2) is 40.7 Å². The van der Waals surface area contributed by atoms with Crippen LogP contribution in [0.1, 0.15) is 50.7 Å². The monoisotopic (exact) mass is 252 g/mol. The van der Waals surface area contributed by atoms with Crippen molar-refractivity contribution in [2.45, 2.75) is 51.5 Å². The van der Waals surface area contributed by atoms with Crippen molar-refractivity contribution < 1.29 is 4.52 Å². The maximum Gasteiger partial charge on any atom is 0.226 e. The fraction of sp³-hybridized carbons (Fsp3) is 0.846. The molecule has 1 aliphatic heterocycles. The number of piperidine rings is 1. The van der Waals surface area contributed by atoms with E-state index >= 15 is 0 Å². The number of likely N-dealkylation sites (tertiary alicyclic amines) is 1. The third-order valence-electron chi connectivity index (χ3n) is 3.70. The number of hydrogen-bond acceptors (Lipinski definition) is 5. The van der Waals surface area contributed by atoms with Gasteiger partial charge in [-0.2, -0.15) is 4.98 Å². The van der Waals surface area contributed by atoms with Crippen molar-refractivity contribution in [1.29, 1.82) is 0 Å². The van der Waals surface area contributed by atoms with Crippen LogP contribution < -0.4 is 5.73 Å². The third-order valence-corrected chi connectivity index (χ3v) is 3.70. The third kappa shape index (κ3) is 3.29. The van der Waals surface area contributed by atoms with Gasteiger partial charge in [0.05, 0.1) is 0 Å². The van der Waals surface area contributed by atoms with Gasteiger partial charge in [-0.15, -0.1) is 0 Å². The Balaban J connectivity index is 1.87. The molecule has 0 saturated carbocycles. The molecule has 1 aliphatic rings. The SMILES string of the molecule is CC(C)N1CCC(c2noc(CCCN)n2)CC1. The maximum absolute atomic E-state index is 5.47. The zero-order valence-corrected chi connectivity index (χ0v) is 11.4. The molecule has 0 radical (unpaired) electrons. The largest absolute Gasteiger partial charge is 0.339 e. The van der Waals surface area contributed by atoms with E-state index in [0.717, 1.165) is 50.5 Å². The molecular weight excluding hydrogens is 228 g/mol. The van der Waals surface area contributed by atoms with E-state index in [9.17, 15) is 0 Å². The minimum atomic E-state index is 0.468. The van der Waals surface area contributed by atoms with Gasteiger partial charge in [0.1, 0.15) is 0 Å². The summed E-state index contributed by atoms with van der Waals surface area (Å²) in [4.78, 5) is 7.00. The first-order valence-electron chi connectivity index (χ1n) is 6.97. The number of aryl methyl sites for hydroxylation is 1. The van der Waals surface area contributed by atoms with Crippen LogP contribution in [0.5, 0.6) is 0 Å². The average Bonchev–Trinajstić information content (AvgIpc) is 2.85. The first-order chi connectivity index (χ1) is 8.70. The minimum absolute atomic E-state index is 0.468. The Morgan fingerprint density at radius 1 is 1.39 bits per heavy atom. The topological polar surface area (TPSA) is 68.2 Å². The van der Waals surface area contributed by atoms with Crippen LogP contribution in [0, 0.1) is 0 Å². The van der Waals surface area contributed by atoms with Gasteiger partial charge in [-0.1, -0.05) is 5.16 Å². The van der Waals surface area contributed by atoms with Crippen LogP contribution in [0.2, 0.25) is 0 Å². The quantitative estimate of drug-likeness (QED) is 0.861. The van der Waals surface area contributed by atoms with E-state index in [2.05, 4.69) is 28.9 Å². The van der Waals surface area contributed by atoms with Gasteiger partial charge in [0, 0.05) is 18.4 Å². The van der Waals surface area contributed by atoms with Crippen molar-refractivity contribution >= 4 is 0 Å². The van der Waals surface area contributed by atoms with Gasteiger partial charge in [0.15, 0.2) is 5.82 Å². The van der Waals surface area contributed by atoms with E-state index in [0.29, 0.717) is 18.5 Å². The second-order valence-corrected chi connectivity index (χ2v) is 5.34. The number of hydrogen-bond donors (Lipinski definition) is 1. The average molecular weight is 252 g/mol. The fourth-order valence-electron chi connectivity index (χ4n) is 2.46. The highest BCUT2D eigenvalue weighted by molar-refractivity contribution is 4.98. The summed E-state index contributed by atoms with van der Waals surface area (Å²) in [6, 6.07) is 0.635. The van der Waals surface area contributed by atoms with E-state index in [1.165, 1.54) is 0 Å². The van der Waals surface area contributed by atoms with E-state index in [4.69, 9.17) is 10.3 Å². The summed E-state index contributed by atoms with van der Waals surface area (Å²) < 4.78 is 5.26. The molecule has 102 valence electrons. The molecule has 0 amide bonds. The minimum Gasteiger partial charge on any atom is -0.339 e. The summed E-state index contributed by atoms with van der Waals surface area (Å²) in [5.74, 6) is 2.10. The second-order valence-electron chi connectivity index (χ2n) is 5.34.